The predicted octanol–water partition coefficient (Wildman–Crippen LogP) is 5.65. The average molecular weight is 438 g/mol. The van der Waals surface area contributed by atoms with Crippen molar-refractivity contribution in [3.8, 4) is 0 Å². The van der Waals surface area contributed by atoms with Gasteiger partial charge in [0.1, 0.15) is 5.82 Å². The number of anilines is 3. The Balaban J connectivity index is 1.84. The van der Waals surface area contributed by atoms with Crippen molar-refractivity contribution in [3.63, 3.8) is 0 Å². The van der Waals surface area contributed by atoms with E-state index in [0.29, 0.717) is 17.4 Å². The molecule has 0 saturated carbocycles. The number of nitrogens with zero attached hydrogens (tertiary/aromatic N) is 3. The topological polar surface area (TPSA) is 53.5 Å². The monoisotopic (exact) mass is 437 g/mol. The van der Waals surface area contributed by atoms with Gasteiger partial charge in [0.2, 0.25) is 5.91 Å². The van der Waals surface area contributed by atoms with Gasteiger partial charge in [0, 0.05) is 30.6 Å². The zero-order valence-electron chi connectivity index (χ0n) is 17.9. The van der Waals surface area contributed by atoms with Gasteiger partial charge in [-0.15, -0.1) is 11.3 Å². The number of likely N-dealkylation sites (N-methyl/N-ethyl adjacent to an activating group) is 1. The Morgan fingerprint density at radius 3 is 2.55 bits per heavy atom. The molecule has 0 saturated heterocycles. The predicted molar refractivity (Wildman–Crippen MR) is 124 cm³/mol. The van der Waals surface area contributed by atoms with Crippen molar-refractivity contribution in [1.29, 1.82) is 0 Å². The second-order valence-corrected chi connectivity index (χ2v) is 7.90. The Hall–Kier alpha value is -3.32. The zero-order valence-corrected chi connectivity index (χ0v) is 18.7. The highest BCUT2D eigenvalue weighted by Crippen LogP contribution is 2.31. The van der Waals surface area contributed by atoms with E-state index in [2.05, 4.69) is 4.98 Å². The largest absolute Gasteiger partial charge is 0.309 e. The van der Waals surface area contributed by atoms with Gasteiger partial charge in [-0.25, -0.2) is 9.37 Å². The van der Waals surface area contributed by atoms with Crippen molar-refractivity contribution in [3.05, 3.63) is 76.6 Å². The van der Waals surface area contributed by atoms with Gasteiger partial charge in [0.25, 0.3) is 5.91 Å². The quantitative estimate of drug-likeness (QED) is 0.468. The van der Waals surface area contributed by atoms with E-state index in [4.69, 9.17) is 0 Å². The lowest BCUT2D eigenvalue weighted by Crippen LogP contribution is -2.29. The van der Waals surface area contributed by atoms with Crippen molar-refractivity contribution in [1.82, 2.24) is 4.98 Å². The van der Waals surface area contributed by atoms with Crippen LogP contribution in [0.15, 0.2) is 53.9 Å². The van der Waals surface area contributed by atoms with Crippen LogP contribution < -0.4 is 9.80 Å². The highest BCUT2D eigenvalue weighted by molar-refractivity contribution is 7.14. The van der Waals surface area contributed by atoms with Gasteiger partial charge in [0.05, 0.1) is 11.4 Å². The van der Waals surface area contributed by atoms with Crippen LogP contribution in [0.3, 0.4) is 0 Å². The van der Waals surface area contributed by atoms with E-state index >= 15 is 0 Å². The second kappa shape index (κ2) is 9.66. The molecule has 160 valence electrons. The molecule has 0 aliphatic rings. The molecule has 3 aromatic rings. The summed E-state index contributed by atoms with van der Waals surface area (Å²) in [5.41, 5.74) is 3.64. The van der Waals surface area contributed by atoms with E-state index in [1.165, 1.54) is 41.4 Å². The third kappa shape index (κ3) is 5.06. The number of hydrogen-bond donors (Lipinski definition) is 0. The lowest BCUT2D eigenvalue weighted by molar-refractivity contribution is -0.116. The number of halogens is 1. The van der Waals surface area contributed by atoms with Gasteiger partial charge >= 0.3 is 0 Å². The first-order valence-corrected chi connectivity index (χ1v) is 10.8. The summed E-state index contributed by atoms with van der Waals surface area (Å²) in [5.74, 6) is -1.02. The highest BCUT2D eigenvalue weighted by Gasteiger charge is 2.20. The third-order valence-electron chi connectivity index (χ3n) is 4.74. The van der Waals surface area contributed by atoms with Gasteiger partial charge in [-0.3, -0.25) is 14.5 Å². The van der Waals surface area contributed by atoms with Gasteiger partial charge in [0.15, 0.2) is 5.13 Å². The van der Waals surface area contributed by atoms with E-state index in [-0.39, 0.29) is 17.5 Å². The first-order chi connectivity index (χ1) is 14.8. The molecule has 0 radical (unpaired) electrons. The van der Waals surface area contributed by atoms with E-state index in [0.717, 1.165) is 16.8 Å². The number of carbonyl (C=O) groups excluding carboxylic acids is 2. The van der Waals surface area contributed by atoms with Crippen molar-refractivity contribution < 1.29 is 14.0 Å². The Kier molecular flexibility index (Phi) is 6.97. The molecular formula is C24H24FN3O2S. The Morgan fingerprint density at radius 2 is 1.87 bits per heavy atom. The fraction of sp³-hybridized carbons (Fsp3) is 0.208. The number of benzene rings is 2. The zero-order chi connectivity index (χ0) is 22.5. The van der Waals surface area contributed by atoms with Gasteiger partial charge in [-0.2, -0.15) is 0 Å². The second-order valence-electron chi connectivity index (χ2n) is 7.07. The Labute approximate surface area is 185 Å². The smallest absolute Gasteiger partial charge is 0.251 e. The molecule has 0 atom stereocenters. The number of carbonyl (C=O) groups is 2. The van der Waals surface area contributed by atoms with Crippen LogP contribution in [0.2, 0.25) is 0 Å². The molecular weight excluding hydrogens is 413 g/mol. The van der Waals surface area contributed by atoms with Crippen molar-refractivity contribution in [2.45, 2.75) is 27.7 Å². The minimum Gasteiger partial charge on any atom is -0.309 e. The summed E-state index contributed by atoms with van der Waals surface area (Å²) >= 11 is 1.21. The molecule has 3 rings (SSSR count). The molecule has 2 amide bonds. The number of amides is 2. The molecule has 0 unspecified atom stereocenters. The maximum atomic E-state index is 14.2. The maximum absolute atomic E-state index is 14.2. The van der Waals surface area contributed by atoms with Gasteiger partial charge in [-0.1, -0.05) is 24.3 Å². The van der Waals surface area contributed by atoms with Crippen molar-refractivity contribution in [2.75, 3.05) is 16.3 Å². The molecule has 0 aliphatic heterocycles. The van der Waals surface area contributed by atoms with Crippen LogP contribution in [0.4, 0.5) is 20.9 Å². The summed E-state index contributed by atoms with van der Waals surface area (Å²) in [4.78, 5) is 32.3. The molecule has 0 spiro atoms. The number of rotatable bonds is 6. The lowest BCUT2D eigenvalue weighted by atomic mass is 10.1. The van der Waals surface area contributed by atoms with Gasteiger partial charge in [-0.05, 0) is 56.2 Å². The molecule has 1 aromatic heterocycles. The third-order valence-corrected chi connectivity index (χ3v) is 5.59. The van der Waals surface area contributed by atoms with E-state index in [9.17, 15) is 14.0 Å². The van der Waals surface area contributed by atoms with Crippen LogP contribution in [0.25, 0.3) is 6.08 Å². The highest BCUT2D eigenvalue weighted by atomic mass is 32.1. The summed E-state index contributed by atoms with van der Waals surface area (Å²) in [6.07, 6.45) is 3.07. The number of aromatic nitrogens is 1. The molecule has 1 heterocycles. The maximum Gasteiger partial charge on any atom is 0.251 e. The van der Waals surface area contributed by atoms with Gasteiger partial charge < -0.3 is 4.90 Å². The number of aryl methyl sites for hydroxylation is 2. The molecule has 0 N–H and O–H groups in total. The summed E-state index contributed by atoms with van der Waals surface area (Å²) in [6.45, 7) is 7.77. The fourth-order valence-electron chi connectivity index (χ4n) is 3.20. The lowest BCUT2D eigenvalue weighted by Gasteiger charge is -2.22. The minimum atomic E-state index is -0.507. The minimum absolute atomic E-state index is 0.142. The van der Waals surface area contributed by atoms with E-state index in [1.54, 1.807) is 28.5 Å². The molecule has 2 aromatic carbocycles. The average Bonchev–Trinajstić information content (AvgIpc) is 3.19. The van der Waals surface area contributed by atoms with Crippen molar-refractivity contribution in [2.24, 2.45) is 0 Å². The fourth-order valence-corrected chi connectivity index (χ4v) is 4.05. The first-order valence-electron chi connectivity index (χ1n) is 9.89. The molecule has 0 bridgehead atoms. The van der Waals surface area contributed by atoms with Crippen LogP contribution in [0, 0.1) is 19.7 Å². The summed E-state index contributed by atoms with van der Waals surface area (Å²) in [7, 11) is 0. The molecule has 31 heavy (non-hydrogen) atoms. The molecule has 0 fully saturated rings. The normalized spacial score (nSPS) is 11.0. The van der Waals surface area contributed by atoms with Crippen LogP contribution in [-0.4, -0.2) is 23.3 Å². The Morgan fingerprint density at radius 1 is 1.13 bits per heavy atom. The molecule has 7 heteroatoms. The van der Waals surface area contributed by atoms with Crippen LogP contribution >= 0.6 is 11.3 Å². The number of hydrogen-bond acceptors (Lipinski definition) is 4. The summed E-state index contributed by atoms with van der Waals surface area (Å²) in [5, 5.41) is 2.07. The number of para-hydroxylation sites is 1. The van der Waals surface area contributed by atoms with E-state index < -0.39 is 5.82 Å². The van der Waals surface area contributed by atoms with Crippen molar-refractivity contribution >= 4 is 45.7 Å². The summed E-state index contributed by atoms with van der Waals surface area (Å²) < 4.78 is 14.2. The molecule has 0 aliphatic carbocycles. The van der Waals surface area contributed by atoms with E-state index in [1.807, 2.05) is 39.0 Å². The number of thiazole rings is 1. The summed E-state index contributed by atoms with van der Waals surface area (Å²) in [6, 6.07) is 12.1. The van der Waals surface area contributed by atoms with Crippen LogP contribution in [0.1, 0.15) is 30.7 Å². The Bertz CT molecular complexity index is 1140. The SMILES string of the molecule is CCN(C(=O)/C=C/c1csc(N(C(C)=O)c2ccccc2F)n1)c1cc(C)ccc1C. The first kappa shape index (κ1) is 22.4. The van der Waals surface area contributed by atoms with Crippen LogP contribution in [-0.2, 0) is 9.59 Å². The van der Waals surface area contributed by atoms with Crippen LogP contribution in [0.5, 0.6) is 0 Å². The standard InChI is InChI=1S/C24H24FN3O2S/c1-5-27(22-14-16(2)10-11-17(22)3)23(30)13-12-19-15-31-24(26-19)28(18(4)29)21-9-7-6-8-20(21)25/h6-15H,5H2,1-4H3/b13-12+. The molecule has 5 nitrogen and oxygen atoms in total.